The Bertz CT molecular complexity index is 522. The molecule has 0 radical (unpaired) electrons. The average molecular weight is 238 g/mol. The van der Waals surface area contributed by atoms with Crippen LogP contribution in [0, 0.1) is 18.6 Å². The lowest BCUT2D eigenvalue weighted by Gasteiger charge is -2.04. The summed E-state index contributed by atoms with van der Waals surface area (Å²) >= 11 is 4.98. The number of nitrogens with one attached hydrogen (secondary N) is 1. The van der Waals surface area contributed by atoms with Crippen molar-refractivity contribution in [3.63, 3.8) is 0 Å². The lowest BCUT2D eigenvalue weighted by Crippen LogP contribution is -2.08. The number of nitrogens with zero attached hydrogens (tertiary/aromatic N) is 5. The number of hydrogen-bond donors (Lipinski definition) is 1. The molecule has 0 aromatic carbocycles. The molecule has 0 saturated carbocycles. The van der Waals surface area contributed by atoms with Crippen LogP contribution in [0.3, 0.4) is 0 Å². The Morgan fingerprint density at radius 3 is 2.75 bits per heavy atom. The zero-order valence-electron chi connectivity index (χ0n) is 9.34. The maximum Gasteiger partial charge on any atom is 0.238 e. The predicted molar refractivity (Wildman–Crippen MR) is 61.5 cm³/mol. The van der Waals surface area contributed by atoms with E-state index in [1.54, 1.807) is 4.68 Å². The standard InChI is InChI=1S/C9H14N6S/c1-7-6-8(2)14(11-7)4-3-5-15-9(16)10-12-13-15/h6H,3-5H2,1-2H3,(H,10,13,16). The number of rotatable bonds is 4. The van der Waals surface area contributed by atoms with Gasteiger partial charge in [0.1, 0.15) is 0 Å². The largest absolute Gasteiger partial charge is 0.270 e. The van der Waals surface area contributed by atoms with E-state index in [1.165, 1.54) is 5.69 Å². The normalized spacial score (nSPS) is 10.9. The van der Waals surface area contributed by atoms with Gasteiger partial charge in [-0.2, -0.15) is 10.3 Å². The van der Waals surface area contributed by atoms with E-state index in [9.17, 15) is 0 Å². The topological polar surface area (TPSA) is 64.3 Å². The third kappa shape index (κ3) is 2.35. The smallest absolute Gasteiger partial charge is 0.238 e. The number of aromatic amines is 1. The first-order valence-electron chi connectivity index (χ1n) is 5.16. The summed E-state index contributed by atoms with van der Waals surface area (Å²) < 4.78 is 4.25. The zero-order chi connectivity index (χ0) is 11.5. The number of tetrazole rings is 1. The average Bonchev–Trinajstić information content (AvgIpc) is 2.75. The minimum atomic E-state index is 0.494. The fourth-order valence-electron chi connectivity index (χ4n) is 1.64. The van der Waals surface area contributed by atoms with Crippen molar-refractivity contribution in [1.82, 2.24) is 30.0 Å². The molecule has 1 N–H and O–H groups in total. The number of aromatic nitrogens is 6. The zero-order valence-corrected chi connectivity index (χ0v) is 10.2. The predicted octanol–water partition coefficient (Wildman–Crippen LogP) is 1.24. The van der Waals surface area contributed by atoms with Crippen molar-refractivity contribution in [1.29, 1.82) is 0 Å². The summed E-state index contributed by atoms with van der Waals surface area (Å²) in [7, 11) is 0. The monoisotopic (exact) mass is 238 g/mol. The van der Waals surface area contributed by atoms with Crippen LogP contribution in [0.15, 0.2) is 6.07 Å². The molecule has 0 amide bonds. The van der Waals surface area contributed by atoms with Crippen LogP contribution in [0.4, 0.5) is 0 Å². The molecule has 0 unspecified atom stereocenters. The van der Waals surface area contributed by atoms with Gasteiger partial charge in [0.2, 0.25) is 4.77 Å². The van der Waals surface area contributed by atoms with Crippen molar-refractivity contribution in [3.05, 3.63) is 22.2 Å². The molecule has 7 heteroatoms. The first-order valence-corrected chi connectivity index (χ1v) is 5.56. The maximum atomic E-state index is 4.98. The Morgan fingerprint density at radius 1 is 1.38 bits per heavy atom. The summed E-state index contributed by atoms with van der Waals surface area (Å²) in [6.07, 6.45) is 0.945. The van der Waals surface area contributed by atoms with Crippen LogP contribution in [0.5, 0.6) is 0 Å². The molecular formula is C9H14N6S. The highest BCUT2D eigenvalue weighted by molar-refractivity contribution is 7.71. The molecule has 16 heavy (non-hydrogen) atoms. The number of H-pyrrole nitrogens is 1. The van der Waals surface area contributed by atoms with Gasteiger partial charge in [0, 0.05) is 18.8 Å². The molecule has 86 valence electrons. The minimum Gasteiger partial charge on any atom is -0.270 e. The molecule has 2 aromatic heterocycles. The summed E-state index contributed by atoms with van der Waals surface area (Å²) in [5.41, 5.74) is 2.24. The third-order valence-corrected chi connectivity index (χ3v) is 2.69. The van der Waals surface area contributed by atoms with Gasteiger partial charge in [-0.25, -0.2) is 4.68 Å². The van der Waals surface area contributed by atoms with Crippen molar-refractivity contribution in [2.45, 2.75) is 33.4 Å². The molecule has 0 aliphatic carbocycles. The Hall–Kier alpha value is -1.50. The van der Waals surface area contributed by atoms with Crippen LogP contribution in [0.2, 0.25) is 0 Å². The fraction of sp³-hybridized carbons (Fsp3) is 0.556. The first-order chi connectivity index (χ1) is 7.66. The van der Waals surface area contributed by atoms with Crippen molar-refractivity contribution < 1.29 is 0 Å². The highest BCUT2D eigenvalue weighted by atomic mass is 32.1. The summed E-state index contributed by atoms with van der Waals surface area (Å²) in [6, 6.07) is 2.07. The lowest BCUT2D eigenvalue weighted by atomic mass is 10.4. The highest BCUT2D eigenvalue weighted by Crippen LogP contribution is 2.03. The van der Waals surface area contributed by atoms with Gasteiger partial charge in [-0.3, -0.25) is 4.68 Å². The van der Waals surface area contributed by atoms with E-state index in [4.69, 9.17) is 12.2 Å². The van der Waals surface area contributed by atoms with Gasteiger partial charge in [-0.1, -0.05) is 10.3 Å². The van der Waals surface area contributed by atoms with E-state index in [1.807, 2.05) is 11.6 Å². The summed E-state index contributed by atoms with van der Waals surface area (Å²) in [6.45, 7) is 5.71. The number of aryl methyl sites for hydroxylation is 4. The SMILES string of the molecule is Cc1cc(C)n(CCCn2[nH]nnc2=S)n1. The fourth-order valence-corrected chi connectivity index (χ4v) is 1.81. The van der Waals surface area contributed by atoms with Gasteiger partial charge in [-0.15, -0.1) is 0 Å². The Labute approximate surface area is 98.3 Å². The third-order valence-electron chi connectivity index (χ3n) is 2.39. The van der Waals surface area contributed by atoms with Crippen LogP contribution in [0.1, 0.15) is 17.8 Å². The van der Waals surface area contributed by atoms with Crippen molar-refractivity contribution in [2.24, 2.45) is 0 Å². The Morgan fingerprint density at radius 2 is 2.19 bits per heavy atom. The van der Waals surface area contributed by atoms with Gasteiger partial charge in [-0.05, 0) is 38.6 Å². The van der Waals surface area contributed by atoms with E-state index in [0.717, 1.165) is 25.2 Å². The van der Waals surface area contributed by atoms with Crippen LogP contribution in [0.25, 0.3) is 0 Å². The molecule has 2 rings (SSSR count). The molecular weight excluding hydrogens is 224 g/mol. The molecule has 0 aliphatic heterocycles. The summed E-state index contributed by atoms with van der Waals surface area (Å²) in [5, 5.41) is 14.5. The van der Waals surface area contributed by atoms with E-state index in [2.05, 4.69) is 33.6 Å². The second-order valence-electron chi connectivity index (χ2n) is 3.74. The second kappa shape index (κ2) is 4.56. The van der Waals surface area contributed by atoms with E-state index in [0.29, 0.717) is 4.77 Å². The second-order valence-corrected chi connectivity index (χ2v) is 4.10. The van der Waals surface area contributed by atoms with Crippen molar-refractivity contribution in [3.8, 4) is 0 Å². The molecule has 2 heterocycles. The number of hydrogen-bond acceptors (Lipinski definition) is 4. The molecule has 6 nitrogen and oxygen atoms in total. The molecule has 0 spiro atoms. The van der Waals surface area contributed by atoms with Gasteiger partial charge in [0.25, 0.3) is 0 Å². The summed E-state index contributed by atoms with van der Waals surface area (Å²) in [5.74, 6) is 0. The van der Waals surface area contributed by atoms with Gasteiger partial charge in [0.15, 0.2) is 0 Å². The van der Waals surface area contributed by atoms with E-state index >= 15 is 0 Å². The lowest BCUT2D eigenvalue weighted by molar-refractivity contribution is 0.482. The molecule has 2 aromatic rings. The van der Waals surface area contributed by atoms with Gasteiger partial charge in [0.05, 0.1) is 5.69 Å². The van der Waals surface area contributed by atoms with Gasteiger partial charge < -0.3 is 0 Å². The molecule has 0 aliphatic rings. The van der Waals surface area contributed by atoms with Crippen LogP contribution >= 0.6 is 12.2 Å². The molecule has 0 bridgehead atoms. The summed E-state index contributed by atoms with van der Waals surface area (Å²) in [4.78, 5) is 0. The Balaban J connectivity index is 1.91. The van der Waals surface area contributed by atoms with Gasteiger partial charge >= 0.3 is 0 Å². The van der Waals surface area contributed by atoms with Crippen LogP contribution < -0.4 is 0 Å². The van der Waals surface area contributed by atoms with Crippen LogP contribution in [-0.4, -0.2) is 30.0 Å². The van der Waals surface area contributed by atoms with Crippen molar-refractivity contribution in [2.75, 3.05) is 0 Å². The molecule has 0 fully saturated rings. The maximum absolute atomic E-state index is 4.98. The molecule has 0 saturated heterocycles. The van der Waals surface area contributed by atoms with Crippen LogP contribution in [-0.2, 0) is 13.1 Å². The minimum absolute atomic E-state index is 0.494. The van der Waals surface area contributed by atoms with Crippen molar-refractivity contribution >= 4 is 12.2 Å². The first kappa shape index (κ1) is 11.0. The van der Waals surface area contributed by atoms with E-state index < -0.39 is 0 Å². The van der Waals surface area contributed by atoms with E-state index in [-0.39, 0.29) is 0 Å². The highest BCUT2D eigenvalue weighted by Gasteiger charge is 2.01. The molecule has 0 atom stereocenters. The Kier molecular flexibility index (Phi) is 3.14. The quantitative estimate of drug-likeness (QED) is 0.814.